The Labute approximate surface area is 129 Å². The second-order valence-electron chi connectivity index (χ2n) is 4.16. The molecule has 2 rings (SSSR count). The quantitative estimate of drug-likeness (QED) is 0.621. The number of rotatable bonds is 3. The molecule has 0 aliphatic rings. The molecule has 0 fully saturated rings. The van der Waals surface area contributed by atoms with Gasteiger partial charge in [-0.25, -0.2) is 4.39 Å². The van der Waals surface area contributed by atoms with E-state index < -0.39 is 5.82 Å². The highest BCUT2D eigenvalue weighted by Crippen LogP contribution is 2.33. The van der Waals surface area contributed by atoms with E-state index >= 15 is 0 Å². The van der Waals surface area contributed by atoms with Crippen molar-refractivity contribution in [1.82, 2.24) is 0 Å². The van der Waals surface area contributed by atoms with Crippen LogP contribution in [0.4, 0.5) is 4.39 Å². The lowest BCUT2D eigenvalue weighted by Gasteiger charge is -2.12. The molecule has 0 saturated heterocycles. The molecule has 6 heteroatoms. The van der Waals surface area contributed by atoms with Gasteiger partial charge in [0.2, 0.25) is 0 Å². The number of ether oxygens (including phenoxy) is 1. The zero-order chi connectivity index (χ0) is 14.9. The molecular weight excluding hydrogens is 347 g/mol. The highest BCUT2D eigenvalue weighted by Gasteiger charge is 2.15. The van der Waals surface area contributed by atoms with E-state index in [1.807, 2.05) is 6.92 Å². The third kappa shape index (κ3) is 2.94. The van der Waals surface area contributed by atoms with E-state index in [0.29, 0.717) is 10.8 Å². The van der Waals surface area contributed by atoms with E-state index in [9.17, 15) is 4.39 Å². The maximum atomic E-state index is 14.2. The van der Waals surface area contributed by atoms with Crippen LogP contribution in [0.25, 0.3) is 0 Å². The molecule has 0 spiro atoms. The summed E-state index contributed by atoms with van der Waals surface area (Å²) in [7, 11) is 0. The van der Waals surface area contributed by atoms with Crippen molar-refractivity contribution in [2.75, 3.05) is 0 Å². The molecule has 0 atom stereocenters. The average Bonchev–Trinajstić information content (AvgIpc) is 2.39. The minimum Gasteiger partial charge on any atom is -0.454 e. The van der Waals surface area contributed by atoms with Crippen LogP contribution in [0.5, 0.6) is 11.5 Å². The standard InChI is InChI=1S/C14H11BrClFN2O/c1-7-2-3-8(16)6-11(7)20-10-5-4-9(14(18)19)12(15)13(10)17/h2-6H,1H3,(H3,18,19). The van der Waals surface area contributed by atoms with Gasteiger partial charge in [0.15, 0.2) is 11.6 Å². The van der Waals surface area contributed by atoms with Gasteiger partial charge in [0.25, 0.3) is 0 Å². The number of nitrogens with one attached hydrogen (secondary N) is 1. The van der Waals surface area contributed by atoms with Gasteiger partial charge in [-0.05, 0) is 52.7 Å². The summed E-state index contributed by atoms with van der Waals surface area (Å²) in [5.41, 5.74) is 6.47. The molecule has 104 valence electrons. The Morgan fingerprint density at radius 3 is 2.65 bits per heavy atom. The highest BCUT2D eigenvalue weighted by atomic mass is 79.9. The Morgan fingerprint density at radius 1 is 1.30 bits per heavy atom. The summed E-state index contributed by atoms with van der Waals surface area (Å²) in [4.78, 5) is 0. The molecule has 0 heterocycles. The minimum absolute atomic E-state index is 0.0345. The highest BCUT2D eigenvalue weighted by molar-refractivity contribution is 9.10. The predicted molar refractivity (Wildman–Crippen MR) is 81.4 cm³/mol. The van der Waals surface area contributed by atoms with Crippen molar-refractivity contribution in [2.45, 2.75) is 6.92 Å². The Bertz CT molecular complexity index is 691. The molecule has 0 radical (unpaired) electrons. The van der Waals surface area contributed by atoms with Crippen LogP contribution in [-0.4, -0.2) is 5.84 Å². The van der Waals surface area contributed by atoms with Crippen molar-refractivity contribution >= 4 is 33.4 Å². The van der Waals surface area contributed by atoms with Crippen molar-refractivity contribution in [3.63, 3.8) is 0 Å². The predicted octanol–water partition coefficient (Wildman–Crippen LogP) is 4.63. The smallest absolute Gasteiger partial charge is 0.180 e. The molecule has 0 aliphatic carbocycles. The topological polar surface area (TPSA) is 59.1 Å². The zero-order valence-corrected chi connectivity index (χ0v) is 12.8. The third-order valence-electron chi connectivity index (χ3n) is 2.71. The van der Waals surface area contributed by atoms with Gasteiger partial charge in [-0.3, -0.25) is 5.41 Å². The molecule has 0 unspecified atom stereocenters. The van der Waals surface area contributed by atoms with E-state index in [1.165, 1.54) is 12.1 Å². The lowest BCUT2D eigenvalue weighted by Crippen LogP contribution is -2.12. The summed E-state index contributed by atoms with van der Waals surface area (Å²) in [6, 6.07) is 8.08. The van der Waals surface area contributed by atoms with E-state index in [4.69, 9.17) is 27.5 Å². The summed E-state index contributed by atoms with van der Waals surface area (Å²) >= 11 is 8.97. The molecule has 0 amide bonds. The number of nitrogen functional groups attached to an aromatic ring is 1. The summed E-state index contributed by atoms with van der Waals surface area (Å²) in [5, 5.41) is 7.85. The third-order valence-corrected chi connectivity index (χ3v) is 3.72. The lowest BCUT2D eigenvalue weighted by molar-refractivity contribution is 0.437. The maximum Gasteiger partial charge on any atom is 0.180 e. The number of hydrogen-bond acceptors (Lipinski definition) is 2. The number of amidine groups is 1. The van der Waals surface area contributed by atoms with Crippen LogP contribution < -0.4 is 10.5 Å². The largest absolute Gasteiger partial charge is 0.454 e. The molecule has 0 bridgehead atoms. The van der Waals surface area contributed by atoms with Crippen molar-refractivity contribution in [1.29, 1.82) is 5.41 Å². The van der Waals surface area contributed by atoms with Gasteiger partial charge in [-0.15, -0.1) is 0 Å². The number of benzene rings is 2. The molecular formula is C14H11BrClFN2O. The van der Waals surface area contributed by atoms with Crippen LogP contribution in [0.3, 0.4) is 0 Å². The van der Waals surface area contributed by atoms with Gasteiger partial charge >= 0.3 is 0 Å². The van der Waals surface area contributed by atoms with Gasteiger partial charge in [-0.2, -0.15) is 0 Å². The molecule has 2 aromatic carbocycles. The molecule has 0 aliphatic heterocycles. The van der Waals surface area contributed by atoms with E-state index in [-0.39, 0.29) is 21.6 Å². The molecule has 0 saturated carbocycles. The Balaban J connectivity index is 2.42. The molecule has 2 aromatic rings. The van der Waals surface area contributed by atoms with Crippen LogP contribution in [-0.2, 0) is 0 Å². The van der Waals surface area contributed by atoms with Gasteiger partial charge < -0.3 is 10.5 Å². The van der Waals surface area contributed by atoms with E-state index in [2.05, 4.69) is 15.9 Å². The number of hydrogen-bond donors (Lipinski definition) is 2. The summed E-state index contributed by atoms with van der Waals surface area (Å²) < 4.78 is 19.8. The fraction of sp³-hybridized carbons (Fsp3) is 0.0714. The van der Waals surface area contributed by atoms with Gasteiger partial charge in [-0.1, -0.05) is 17.7 Å². The van der Waals surface area contributed by atoms with Crippen LogP contribution in [0.15, 0.2) is 34.8 Å². The first-order chi connectivity index (χ1) is 9.40. The molecule has 0 aromatic heterocycles. The van der Waals surface area contributed by atoms with Crippen molar-refractivity contribution in [2.24, 2.45) is 5.73 Å². The summed E-state index contributed by atoms with van der Waals surface area (Å²) in [5.74, 6) is -0.329. The maximum absolute atomic E-state index is 14.2. The normalized spacial score (nSPS) is 10.4. The SMILES string of the molecule is Cc1ccc(Cl)cc1Oc1ccc(C(=N)N)c(Br)c1F. The van der Waals surface area contributed by atoms with Crippen LogP contribution >= 0.6 is 27.5 Å². The van der Waals surface area contributed by atoms with E-state index in [1.54, 1.807) is 18.2 Å². The average molecular weight is 358 g/mol. The van der Waals surface area contributed by atoms with Gasteiger partial charge in [0.05, 0.1) is 4.47 Å². The monoisotopic (exact) mass is 356 g/mol. The van der Waals surface area contributed by atoms with Crippen molar-refractivity contribution in [3.05, 3.63) is 56.8 Å². The molecule has 3 N–H and O–H groups in total. The lowest BCUT2D eigenvalue weighted by atomic mass is 10.2. The first-order valence-corrected chi connectivity index (χ1v) is 6.83. The number of nitrogens with two attached hydrogens (primary N) is 1. The van der Waals surface area contributed by atoms with Crippen LogP contribution in [0.2, 0.25) is 5.02 Å². The number of halogens is 3. The second kappa shape index (κ2) is 5.81. The number of aryl methyl sites for hydroxylation is 1. The Morgan fingerprint density at radius 2 is 2.00 bits per heavy atom. The first-order valence-electron chi connectivity index (χ1n) is 5.66. The Hall–Kier alpha value is -1.59. The molecule has 20 heavy (non-hydrogen) atoms. The first kappa shape index (κ1) is 14.8. The van der Waals surface area contributed by atoms with E-state index in [0.717, 1.165) is 5.56 Å². The summed E-state index contributed by atoms with van der Waals surface area (Å²) in [6.07, 6.45) is 0. The minimum atomic E-state index is -0.614. The van der Waals surface area contributed by atoms with Crippen molar-refractivity contribution < 1.29 is 9.13 Å². The second-order valence-corrected chi connectivity index (χ2v) is 5.39. The van der Waals surface area contributed by atoms with Crippen LogP contribution in [0, 0.1) is 18.2 Å². The Kier molecular flexibility index (Phi) is 4.30. The fourth-order valence-corrected chi connectivity index (χ4v) is 2.32. The zero-order valence-electron chi connectivity index (χ0n) is 10.5. The summed E-state index contributed by atoms with van der Waals surface area (Å²) in [6.45, 7) is 1.84. The fourth-order valence-electron chi connectivity index (χ4n) is 1.62. The van der Waals surface area contributed by atoms with Gasteiger partial charge in [0, 0.05) is 10.6 Å². The molecule has 3 nitrogen and oxygen atoms in total. The van der Waals surface area contributed by atoms with Crippen molar-refractivity contribution in [3.8, 4) is 11.5 Å². The van der Waals surface area contributed by atoms with Crippen LogP contribution in [0.1, 0.15) is 11.1 Å². The van der Waals surface area contributed by atoms with Gasteiger partial charge in [0.1, 0.15) is 11.6 Å².